The first kappa shape index (κ1) is 14.4. The molecule has 0 saturated carbocycles. The highest BCUT2D eigenvalue weighted by atomic mass is 35.5. The van der Waals surface area contributed by atoms with Gasteiger partial charge in [-0.1, -0.05) is 11.6 Å². The van der Waals surface area contributed by atoms with E-state index in [-0.39, 0.29) is 0 Å². The lowest BCUT2D eigenvalue weighted by Crippen LogP contribution is -2.39. The molecule has 0 radical (unpaired) electrons. The Morgan fingerprint density at radius 3 is 2.95 bits per heavy atom. The van der Waals surface area contributed by atoms with Gasteiger partial charge in [0.05, 0.1) is 12.5 Å². The van der Waals surface area contributed by atoms with Crippen LogP contribution in [0, 0.1) is 11.3 Å². The van der Waals surface area contributed by atoms with E-state index in [1.165, 1.54) is 0 Å². The van der Waals surface area contributed by atoms with Crippen LogP contribution in [0.2, 0.25) is 5.02 Å². The minimum Gasteiger partial charge on any atom is -0.440 e. The number of hydrogen-bond donors (Lipinski definition) is 0. The maximum atomic E-state index is 8.79. The molecule has 1 saturated heterocycles. The van der Waals surface area contributed by atoms with Gasteiger partial charge in [0, 0.05) is 17.0 Å². The summed E-state index contributed by atoms with van der Waals surface area (Å²) in [5.41, 5.74) is 1.63. The molecule has 1 atom stereocenters. The van der Waals surface area contributed by atoms with Crippen LogP contribution in [0.1, 0.15) is 38.0 Å². The third-order valence-corrected chi connectivity index (χ3v) is 4.49. The van der Waals surface area contributed by atoms with Crippen molar-refractivity contribution in [2.75, 3.05) is 13.1 Å². The molecule has 1 fully saturated rings. The van der Waals surface area contributed by atoms with Crippen molar-refractivity contribution in [1.82, 2.24) is 9.88 Å². The number of oxazole rings is 1. The Morgan fingerprint density at radius 2 is 2.24 bits per heavy atom. The lowest BCUT2D eigenvalue weighted by atomic mass is 9.95. The largest absolute Gasteiger partial charge is 0.440 e. The van der Waals surface area contributed by atoms with Crippen LogP contribution >= 0.6 is 11.6 Å². The van der Waals surface area contributed by atoms with Gasteiger partial charge in [-0.15, -0.1) is 0 Å². The first-order valence-corrected chi connectivity index (χ1v) is 7.72. The average Bonchev–Trinajstić information content (AvgIpc) is 2.90. The molecule has 2 heterocycles. The van der Waals surface area contributed by atoms with Crippen LogP contribution in [-0.2, 0) is 0 Å². The van der Waals surface area contributed by atoms with E-state index < -0.39 is 0 Å². The Morgan fingerprint density at radius 1 is 1.48 bits per heavy atom. The summed E-state index contributed by atoms with van der Waals surface area (Å²) in [7, 11) is 0. The molecule has 0 amide bonds. The summed E-state index contributed by atoms with van der Waals surface area (Å²) in [5.74, 6) is 1.18. The topological polar surface area (TPSA) is 53.1 Å². The Hall–Kier alpha value is -1.57. The lowest BCUT2D eigenvalue weighted by molar-refractivity contribution is 0.156. The maximum Gasteiger partial charge on any atom is 0.198 e. The molecule has 1 aromatic carbocycles. The predicted molar refractivity (Wildman–Crippen MR) is 82.3 cm³/mol. The van der Waals surface area contributed by atoms with Gasteiger partial charge in [-0.05, 0) is 51.1 Å². The predicted octanol–water partition coefficient (Wildman–Crippen LogP) is 3.96. The smallest absolute Gasteiger partial charge is 0.198 e. The third kappa shape index (κ3) is 3.04. The second-order valence-corrected chi connectivity index (χ2v) is 6.12. The molecular weight excluding hydrogens is 286 g/mol. The number of fused-ring (bicyclic) bond motifs is 1. The first-order valence-electron chi connectivity index (χ1n) is 7.34. The van der Waals surface area contributed by atoms with E-state index in [2.05, 4.69) is 22.9 Å². The summed E-state index contributed by atoms with van der Waals surface area (Å²) in [6.45, 7) is 4.10. The zero-order valence-electron chi connectivity index (χ0n) is 12.1. The molecule has 1 aliphatic heterocycles. The van der Waals surface area contributed by atoms with Crippen molar-refractivity contribution in [3.05, 3.63) is 29.1 Å². The number of likely N-dealkylation sites (tertiary alicyclic amines) is 1. The summed E-state index contributed by atoms with van der Waals surface area (Å²) < 4.78 is 5.87. The fourth-order valence-electron chi connectivity index (χ4n) is 2.94. The second kappa shape index (κ2) is 6.05. The van der Waals surface area contributed by atoms with E-state index in [1.54, 1.807) is 0 Å². The highest BCUT2D eigenvalue weighted by molar-refractivity contribution is 6.31. The number of aromatic nitrogens is 1. The molecule has 4 nitrogen and oxygen atoms in total. The Labute approximate surface area is 129 Å². The molecule has 21 heavy (non-hydrogen) atoms. The molecule has 0 aliphatic carbocycles. The van der Waals surface area contributed by atoms with Crippen molar-refractivity contribution in [3.8, 4) is 6.07 Å². The van der Waals surface area contributed by atoms with Crippen LogP contribution < -0.4 is 0 Å². The van der Waals surface area contributed by atoms with Gasteiger partial charge in [-0.25, -0.2) is 4.98 Å². The van der Waals surface area contributed by atoms with Crippen LogP contribution in [0.15, 0.2) is 22.6 Å². The molecule has 1 aliphatic rings. The summed E-state index contributed by atoms with van der Waals surface area (Å²) in [6.07, 6.45) is 2.64. The van der Waals surface area contributed by atoms with Crippen molar-refractivity contribution in [2.24, 2.45) is 0 Å². The van der Waals surface area contributed by atoms with Crippen molar-refractivity contribution in [3.63, 3.8) is 0 Å². The molecule has 5 heteroatoms. The lowest BCUT2D eigenvalue weighted by Gasteiger charge is -2.34. The number of rotatable bonds is 3. The molecule has 0 unspecified atom stereocenters. The highest BCUT2D eigenvalue weighted by Crippen LogP contribution is 2.31. The summed E-state index contributed by atoms with van der Waals surface area (Å²) in [4.78, 5) is 6.96. The second-order valence-electron chi connectivity index (χ2n) is 5.69. The molecular formula is C16H18ClN3O. The standard InChI is InChI=1S/C16H18ClN3O/c1-11(4-7-18)20-8-5-12(6-9-20)16-19-14-10-13(17)2-3-15(14)21-16/h2-3,10-12H,4-6,8-9H2,1H3/t11-/m1/s1. The van der Waals surface area contributed by atoms with Gasteiger partial charge < -0.3 is 4.42 Å². The monoisotopic (exact) mass is 303 g/mol. The summed E-state index contributed by atoms with van der Waals surface area (Å²) in [6, 6.07) is 8.12. The van der Waals surface area contributed by atoms with Gasteiger partial charge in [0.2, 0.25) is 0 Å². The van der Waals surface area contributed by atoms with E-state index in [9.17, 15) is 0 Å². The Balaban J connectivity index is 1.69. The van der Waals surface area contributed by atoms with E-state index in [0.29, 0.717) is 23.4 Å². The van der Waals surface area contributed by atoms with Gasteiger partial charge in [-0.2, -0.15) is 5.26 Å². The minimum atomic E-state index is 0.332. The van der Waals surface area contributed by atoms with Crippen LogP contribution in [-0.4, -0.2) is 29.0 Å². The maximum absolute atomic E-state index is 8.79. The molecule has 2 aromatic rings. The van der Waals surface area contributed by atoms with E-state index in [4.69, 9.17) is 21.3 Å². The van der Waals surface area contributed by atoms with Crippen LogP contribution in [0.5, 0.6) is 0 Å². The number of hydrogen-bond acceptors (Lipinski definition) is 4. The number of halogens is 1. The average molecular weight is 304 g/mol. The van der Waals surface area contributed by atoms with E-state index in [1.807, 2.05) is 18.2 Å². The van der Waals surface area contributed by atoms with Crippen molar-refractivity contribution in [1.29, 1.82) is 5.26 Å². The van der Waals surface area contributed by atoms with Gasteiger partial charge in [-0.3, -0.25) is 4.90 Å². The van der Waals surface area contributed by atoms with Gasteiger partial charge >= 0.3 is 0 Å². The molecule has 0 N–H and O–H groups in total. The summed E-state index contributed by atoms with van der Waals surface area (Å²) in [5, 5.41) is 9.47. The van der Waals surface area contributed by atoms with Gasteiger partial charge in [0.15, 0.2) is 11.5 Å². The molecule has 0 spiro atoms. The van der Waals surface area contributed by atoms with Crippen molar-refractivity contribution < 1.29 is 4.42 Å². The number of benzene rings is 1. The van der Waals surface area contributed by atoms with Crippen LogP contribution in [0.3, 0.4) is 0 Å². The Bertz CT molecular complexity index is 668. The first-order chi connectivity index (χ1) is 10.2. The molecule has 3 rings (SSSR count). The van der Waals surface area contributed by atoms with Crippen molar-refractivity contribution in [2.45, 2.75) is 38.1 Å². The normalized spacial score (nSPS) is 18.7. The van der Waals surface area contributed by atoms with E-state index in [0.717, 1.165) is 42.9 Å². The number of nitriles is 1. The number of piperidine rings is 1. The van der Waals surface area contributed by atoms with Crippen LogP contribution in [0.4, 0.5) is 0 Å². The van der Waals surface area contributed by atoms with Crippen LogP contribution in [0.25, 0.3) is 11.1 Å². The van der Waals surface area contributed by atoms with Gasteiger partial charge in [0.1, 0.15) is 5.52 Å². The highest BCUT2D eigenvalue weighted by Gasteiger charge is 2.26. The number of nitrogens with zero attached hydrogens (tertiary/aromatic N) is 3. The molecule has 0 bridgehead atoms. The fourth-order valence-corrected chi connectivity index (χ4v) is 3.11. The fraction of sp³-hybridized carbons (Fsp3) is 0.500. The molecule has 1 aromatic heterocycles. The zero-order chi connectivity index (χ0) is 14.8. The summed E-state index contributed by atoms with van der Waals surface area (Å²) >= 11 is 5.98. The Kier molecular flexibility index (Phi) is 4.14. The molecule has 110 valence electrons. The van der Waals surface area contributed by atoms with Gasteiger partial charge in [0.25, 0.3) is 0 Å². The van der Waals surface area contributed by atoms with Crippen molar-refractivity contribution >= 4 is 22.7 Å². The zero-order valence-corrected chi connectivity index (χ0v) is 12.8. The third-order valence-electron chi connectivity index (χ3n) is 4.25. The minimum absolute atomic E-state index is 0.332. The van der Waals surface area contributed by atoms with E-state index >= 15 is 0 Å². The quantitative estimate of drug-likeness (QED) is 0.861. The SMILES string of the molecule is C[C@H](CC#N)N1CCC(c2nc3cc(Cl)ccc3o2)CC1.